The van der Waals surface area contributed by atoms with Crippen molar-refractivity contribution in [2.75, 3.05) is 34.5 Å². The molecule has 8 heteroatoms. The molecular weight excluding hydrogens is 394 g/mol. The first-order valence-corrected chi connectivity index (χ1v) is 9.62. The minimum Gasteiger partial charge on any atom is -0.493 e. The van der Waals surface area contributed by atoms with Crippen molar-refractivity contribution in [2.24, 2.45) is 0 Å². The summed E-state index contributed by atoms with van der Waals surface area (Å²) in [5, 5.41) is -0.328. The summed E-state index contributed by atoms with van der Waals surface area (Å²) in [5.41, 5.74) is 0.658. The Kier molecular flexibility index (Phi) is 6.66. The number of thioether (sulfide) groups is 1. The Balaban J connectivity index is 1.74. The maximum absolute atomic E-state index is 12.7. The summed E-state index contributed by atoms with van der Waals surface area (Å²) in [6.07, 6.45) is 1.63. The number of carbonyl (C=O) groups is 2. The smallest absolute Gasteiger partial charge is 0.293 e. The first kappa shape index (κ1) is 20.6. The van der Waals surface area contributed by atoms with Crippen molar-refractivity contribution in [2.45, 2.75) is 0 Å². The van der Waals surface area contributed by atoms with E-state index in [-0.39, 0.29) is 24.3 Å². The van der Waals surface area contributed by atoms with E-state index < -0.39 is 0 Å². The second-order valence-corrected chi connectivity index (χ2v) is 6.95. The highest BCUT2D eigenvalue weighted by Crippen LogP contribution is 2.40. The molecule has 0 aromatic heterocycles. The number of para-hydroxylation sites is 1. The molecular formula is C21H21NO6S. The number of ether oxygens (including phenoxy) is 4. The average Bonchev–Trinajstić information content (AvgIpc) is 3.01. The van der Waals surface area contributed by atoms with Gasteiger partial charge in [0, 0.05) is 0 Å². The Labute approximate surface area is 173 Å². The Hall–Kier alpha value is -3.13. The van der Waals surface area contributed by atoms with Crippen molar-refractivity contribution in [1.82, 2.24) is 4.90 Å². The summed E-state index contributed by atoms with van der Waals surface area (Å²) >= 11 is 0.890. The third-order valence-electron chi connectivity index (χ3n) is 4.19. The molecule has 0 aliphatic carbocycles. The quantitative estimate of drug-likeness (QED) is 0.607. The number of nitrogens with zero attached hydrogens (tertiary/aromatic N) is 1. The van der Waals surface area contributed by atoms with Crippen molar-refractivity contribution in [3.8, 4) is 23.0 Å². The van der Waals surface area contributed by atoms with Gasteiger partial charge in [-0.2, -0.15) is 0 Å². The van der Waals surface area contributed by atoms with E-state index >= 15 is 0 Å². The molecule has 0 saturated carbocycles. The second kappa shape index (κ2) is 9.38. The van der Waals surface area contributed by atoms with Crippen LogP contribution in [0.1, 0.15) is 5.56 Å². The van der Waals surface area contributed by atoms with Crippen LogP contribution >= 0.6 is 11.8 Å². The van der Waals surface area contributed by atoms with E-state index in [4.69, 9.17) is 18.9 Å². The van der Waals surface area contributed by atoms with Crippen LogP contribution in [0.25, 0.3) is 6.08 Å². The van der Waals surface area contributed by atoms with E-state index in [2.05, 4.69) is 0 Å². The summed E-state index contributed by atoms with van der Waals surface area (Å²) in [4.78, 5) is 26.4. The third-order valence-corrected chi connectivity index (χ3v) is 5.09. The highest BCUT2D eigenvalue weighted by molar-refractivity contribution is 8.18. The fourth-order valence-corrected chi connectivity index (χ4v) is 3.67. The Morgan fingerprint density at radius 1 is 0.966 bits per heavy atom. The molecule has 3 rings (SSSR count). The van der Waals surface area contributed by atoms with Crippen molar-refractivity contribution >= 4 is 29.0 Å². The average molecular weight is 415 g/mol. The first-order valence-electron chi connectivity index (χ1n) is 8.80. The van der Waals surface area contributed by atoms with Crippen LogP contribution in [0.2, 0.25) is 0 Å². The van der Waals surface area contributed by atoms with Crippen molar-refractivity contribution < 1.29 is 28.5 Å². The highest BCUT2D eigenvalue weighted by atomic mass is 32.2. The Morgan fingerprint density at radius 3 is 2.21 bits per heavy atom. The Bertz CT molecular complexity index is 903. The summed E-state index contributed by atoms with van der Waals surface area (Å²) in [6.45, 7) is 0.395. The summed E-state index contributed by atoms with van der Waals surface area (Å²) < 4.78 is 21.5. The molecule has 0 bridgehead atoms. The van der Waals surface area contributed by atoms with Gasteiger partial charge in [0.15, 0.2) is 11.5 Å². The molecule has 7 nitrogen and oxygen atoms in total. The zero-order valence-electron chi connectivity index (χ0n) is 16.3. The van der Waals surface area contributed by atoms with E-state index in [0.717, 1.165) is 11.8 Å². The number of amides is 2. The lowest BCUT2D eigenvalue weighted by molar-refractivity contribution is -0.123. The van der Waals surface area contributed by atoms with Crippen LogP contribution in [0.4, 0.5) is 4.79 Å². The van der Waals surface area contributed by atoms with Gasteiger partial charge in [-0.3, -0.25) is 14.5 Å². The molecule has 2 aromatic rings. The van der Waals surface area contributed by atoms with Crippen LogP contribution in [0.15, 0.2) is 47.4 Å². The Morgan fingerprint density at radius 2 is 1.62 bits per heavy atom. The van der Waals surface area contributed by atoms with Gasteiger partial charge in [-0.1, -0.05) is 18.2 Å². The van der Waals surface area contributed by atoms with Gasteiger partial charge in [-0.05, 0) is 47.7 Å². The zero-order valence-corrected chi connectivity index (χ0v) is 17.2. The van der Waals surface area contributed by atoms with Gasteiger partial charge >= 0.3 is 0 Å². The minimum atomic E-state index is -0.356. The summed E-state index contributed by atoms with van der Waals surface area (Å²) in [6, 6.07) is 12.7. The molecule has 152 valence electrons. The van der Waals surface area contributed by atoms with E-state index in [1.165, 1.54) is 26.2 Å². The molecule has 1 aliphatic rings. The summed E-state index contributed by atoms with van der Waals surface area (Å²) in [5.74, 6) is 1.72. The largest absolute Gasteiger partial charge is 0.493 e. The second-order valence-electron chi connectivity index (χ2n) is 5.95. The maximum Gasteiger partial charge on any atom is 0.293 e. The maximum atomic E-state index is 12.7. The molecule has 1 heterocycles. The van der Waals surface area contributed by atoms with Crippen molar-refractivity contribution in [1.29, 1.82) is 0 Å². The number of hydrogen-bond acceptors (Lipinski definition) is 7. The predicted molar refractivity (Wildman–Crippen MR) is 111 cm³/mol. The number of methoxy groups -OCH3 is 3. The number of benzene rings is 2. The van der Waals surface area contributed by atoms with E-state index in [1.54, 1.807) is 18.2 Å². The molecule has 29 heavy (non-hydrogen) atoms. The first-order chi connectivity index (χ1) is 14.1. The van der Waals surface area contributed by atoms with Gasteiger partial charge in [-0.25, -0.2) is 0 Å². The lowest BCUT2D eigenvalue weighted by Gasteiger charge is -2.13. The monoisotopic (exact) mass is 415 g/mol. The molecule has 2 amide bonds. The van der Waals surface area contributed by atoms with Gasteiger partial charge in [0.2, 0.25) is 5.75 Å². The van der Waals surface area contributed by atoms with Crippen molar-refractivity contribution in [3.63, 3.8) is 0 Å². The lowest BCUT2D eigenvalue weighted by Crippen LogP contribution is -2.32. The predicted octanol–water partition coefficient (Wildman–Crippen LogP) is 3.83. The van der Waals surface area contributed by atoms with Gasteiger partial charge in [0.1, 0.15) is 12.4 Å². The standard InChI is InChI=1S/C21H21NO6S/c1-25-16-11-14(12-17(26-2)19(16)27-3)13-18-20(23)22(21(24)29-18)9-10-28-15-7-5-4-6-8-15/h4-8,11-13H,9-10H2,1-3H3/b18-13-. The van der Waals surface area contributed by atoms with Crippen LogP contribution in [0, 0.1) is 0 Å². The normalized spacial score (nSPS) is 15.0. The number of hydrogen-bond donors (Lipinski definition) is 0. The number of rotatable bonds is 8. The molecule has 0 unspecified atom stereocenters. The van der Waals surface area contributed by atoms with Crippen molar-refractivity contribution in [3.05, 3.63) is 52.9 Å². The van der Waals surface area contributed by atoms with E-state index in [1.807, 2.05) is 30.3 Å². The molecule has 1 fully saturated rings. The van der Waals surface area contributed by atoms with Crippen LogP contribution in [-0.4, -0.2) is 50.5 Å². The molecule has 0 radical (unpaired) electrons. The molecule has 0 N–H and O–H groups in total. The molecule has 0 spiro atoms. The molecule has 1 aliphatic heterocycles. The van der Waals surface area contributed by atoms with E-state index in [0.29, 0.717) is 33.5 Å². The molecule has 2 aromatic carbocycles. The van der Waals surface area contributed by atoms with Crippen LogP contribution < -0.4 is 18.9 Å². The lowest BCUT2D eigenvalue weighted by atomic mass is 10.1. The van der Waals surface area contributed by atoms with Gasteiger partial charge in [0.05, 0.1) is 32.8 Å². The third kappa shape index (κ3) is 4.65. The van der Waals surface area contributed by atoms with Gasteiger partial charge in [-0.15, -0.1) is 0 Å². The fourth-order valence-electron chi connectivity index (χ4n) is 2.80. The molecule has 1 saturated heterocycles. The topological polar surface area (TPSA) is 74.3 Å². The van der Waals surface area contributed by atoms with E-state index in [9.17, 15) is 9.59 Å². The van der Waals surface area contributed by atoms with Gasteiger partial charge < -0.3 is 18.9 Å². The SMILES string of the molecule is COc1cc(/C=C2\SC(=O)N(CCOc3ccccc3)C2=O)cc(OC)c1OC. The number of carbonyl (C=O) groups excluding carboxylic acids is 2. The van der Waals surface area contributed by atoms with Crippen LogP contribution in [-0.2, 0) is 4.79 Å². The number of imide groups is 1. The van der Waals surface area contributed by atoms with Crippen LogP contribution in [0.5, 0.6) is 23.0 Å². The highest BCUT2D eigenvalue weighted by Gasteiger charge is 2.35. The van der Waals surface area contributed by atoms with Crippen LogP contribution in [0.3, 0.4) is 0 Å². The summed E-state index contributed by atoms with van der Waals surface area (Å²) in [7, 11) is 4.55. The fraction of sp³-hybridized carbons (Fsp3) is 0.238. The van der Waals surface area contributed by atoms with Gasteiger partial charge in [0.25, 0.3) is 11.1 Å². The molecule has 0 atom stereocenters. The zero-order chi connectivity index (χ0) is 20.8. The minimum absolute atomic E-state index is 0.173.